The van der Waals surface area contributed by atoms with Gasteiger partial charge in [0.15, 0.2) is 10.9 Å². The van der Waals surface area contributed by atoms with Gasteiger partial charge in [0.2, 0.25) is 0 Å². The third-order valence-electron chi connectivity index (χ3n) is 4.16. The van der Waals surface area contributed by atoms with E-state index in [1.807, 2.05) is 30.3 Å². The van der Waals surface area contributed by atoms with Crippen molar-refractivity contribution in [3.63, 3.8) is 0 Å². The molecule has 0 radical (unpaired) electrons. The van der Waals surface area contributed by atoms with Crippen LogP contribution in [-0.2, 0) is 0 Å². The van der Waals surface area contributed by atoms with Crippen molar-refractivity contribution in [1.29, 1.82) is 0 Å². The van der Waals surface area contributed by atoms with Crippen LogP contribution in [0.25, 0.3) is 33.8 Å². The average molecular weight is 388 g/mol. The molecule has 8 heteroatoms. The van der Waals surface area contributed by atoms with Gasteiger partial charge >= 0.3 is 0 Å². The highest BCUT2D eigenvalue weighted by Crippen LogP contribution is 2.33. The molecule has 5 rings (SSSR count). The van der Waals surface area contributed by atoms with Crippen LogP contribution in [0.4, 0.5) is 5.13 Å². The van der Waals surface area contributed by atoms with E-state index in [1.54, 1.807) is 36.0 Å². The second-order valence-electron chi connectivity index (χ2n) is 5.90. The van der Waals surface area contributed by atoms with Gasteiger partial charge in [0.05, 0.1) is 17.2 Å². The zero-order chi connectivity index (χ0) is 18.9. The molecule has 1 N–H and O–H groups in total. The summed E-state index contributed by atoms with van der Waals surface area (Å²) < 4.78 is 10.9. The number of benzene rings is 1. The number of thiazole rings is 1. The molecule has 0 aliphatic heterocycles. The quantitative estimate of drug-likeness (QED) is 0.472. The fourth-order valence-electron chi connectivity index (χ4n) is 2.92. The highest BCUT2D eigenvalue weighted by atomic mass is 32.1. The van der Waals surface area contributed by atoms with Crippen molar-refractivity contribution >= 4 is 33.5 Å². The highest BCUT2D eigenvalue weighted by molar-refractivity contribution is 7.13. The van der Waals surface area contributed by atoms with Gasteiger partial charge in [-0.25, -0.2) is 9.97 Å². The zero-order valence-electron chi connectivity index (χ0n) is 14.3. The number of carbonyl (C=O) groups is 1. The molecule has 4 aromatic heterocycles. The minimum Gasteiger partial charge on any atom is -0.463 e. The number of rotatable bonds is 4. The summed E-state index contributed by atoms with van der Waals surface area (Å²) in [6, 6.07) is 14.7. The minimum atomic E-state index is -0.324. The van der Waals surface area contributed by atoms with Crippen molar-refractivity contribution in [3.8, 4) is 22.7 Å². The number of hydrogen-bond acceptors (Lipinski definition) is 7. The van der Waals surface area contributed by atoms with Crippen LogP contribution in [0.15, 0.2) is 75.3 Å². The van der Waals surface area contributed by atoms with Gasteiger partial charge in [0.1, 0.15) is 11.4 Å². The Bertz CT molecular complexity index is 1250. The Hall–Kier alpha value is -3.78. The smallest absolute Gasteiger partial charge is 0.259 e. The van der Waals surface area contributed by atoms with Crippen molar-refractivity contribution in [1.82, 2.24) is 15.1 Å². The SMILES string of the molecule is O=C(Nc1nccs1)c1cc(-c2ccco2)nc2onc(-c3ccccc3)c12. The first-order valence-electron chi connectivity index (χ1n) is 8.40. The van der Waals surface area contributed by atoms with Crippen LogP contribution in [-0.4, -0.2) is 21.0 Å². The Morgan fingerprint density at radius 2 is 2.00 bits per heavy atom. The van der Waals surface area contributed by atoms with Crippen LogP contribution in [0, 0.1) is 0 Å². The summed E-state index contributed by atoms with van der Waals surface area (Å²) >= 11 is 1.34. The van der Waals surface area contributed by atoms with Crippen molar-refractivity contribution in [2.24, 2.45) is 0 Å². The summed E-state index contributed by atoms with van der Waals surface area (Å²) in [5.74, 6) is 0.207. The van der Waals surface area contributed by atoms with Crippen molar-refractivity contribution in [3.05, 3.63) is 71.9 Å². The molecule has 0 aliphatic carbocycles. The van der Waals surface area contributed by atoms with Gasteiger partial charge in [-0.05, 0) is 18.2 Å². The number of pyridine rings is 1. The van der Waals surface area contributed by atoms with E-state index in [4.69, 9.17) is 8.94 Å². The second kappa shape index (κ2) is 6.75. The highest BCUT2D eigenvalue weighted by Gasteiger charge is 2.23. The maximum Gasteiger partial charge on any atom is 0.259 e. The Balaban J connectivity index is 1.71. The lowest BCUT2D eigenvalue weighted by molar-refractivity contribution is 0.102. The summed E-state index contributed by atoms with van der Waals surface area (Å²) in [5, 5.41) is 9.82. The van der Waals surface area contributed by atoms with Gasteiger partial charge < -0.3 is 8.94 Å². The number of furan rings is 1. The summed E-state index contributed by atoms with van der Waals surface area (Å²) in [4.78, 5) is 21.7. The monoisotopic (exact) mass is 388 g/mol. The van der Waals surface area contributed by atoms with Crippen molar-refractivity contribution in [2.45, 2.75) is 0 Å². The van der Waals surface area contributed by atoms with E-state index in [0.29, 0.717) is 33.2 Å². The van der Waals surface area contributed by atoms with E-state index < -0.39 is 0 Å². The molecule has 0 fully saturated rings. The molecule has 1 amide bonds. The van der Waals surface area contributed by atoms with E-state index in [9.17, 15) is 4.79 Å². The molecule has 5 aromatic rings. The van der Waals surface area contributed by atoms with Crippen LogP contribution in [0.1, 0.15) is 10.4 Å². The summed E-state index contributed by atoms with van der Waals surface area (Å²) in [7, 11) is 0. The molecule has 1 aromatic carbocycles. The first-order chi connectivity index (χ1) is 13.8. The molecular weight excluding hydrogens is 376 g/mol. The molecule has 0 saturated heterocycles. The van der Waals surface area contributed by atoms with E-state index >= 15 is 0 Å². The fourth-order valence-corrected chi connectivity index (χ4v) is 3.45. The molecule has 0 unspecified atom stereocenters. The van der Waals surface area contributed by atoms with Gasteiger partial charge in [-0.15, -0.1) is 11.3 Å². The van der Waals surface area contributed by atoms with E-state index in [1.165, 1.54) is 11.3 Å². The normalized spacial score (nSPS) is 11.0. The molecule has 0 atom stereocenters. The Labute approximate surface area is 162 Å². The van der Waals surface area contributed by atoms with Crippen LogP contribution in [0.3, 0.4) is 0 Å². The van der Waals surface area contributed by atoms with Crippen LogP contribution in [0.5, 0.6) is 0 Å². The number of nitrogens with zero attached hydrogens (tertiary/aromatic N) is 3. The lowest BCUT2D eigenvalue weighted by Gasteiger charge is -2.06. The molecule has 0 aliphatic rings. The van der Waals surface area contributed by atoms with Crippen LogP contribution in [0.2, 0.25) is 0 Å². The molecule has 0 spiro atoms. The zero-order valence-corrected chi connectivity index (χ0v) is 15.1. The standard InChI is InChI=1S/C20H12N4O3S/c25-18(23-20-21-8-10-28-20)13-11-14(15-7-4-9-26-15)22-19-16(13)17(24-27-19)12-5-2-1-3-6-12/h1-11H,(H,21,23,25). The van der Waals surface area contributed by atoms with Gasteiger partial charge in [-0.2, -0.15) is 0 Å². The number of carbonyl (C=O) groups excluding carboxylic acids is 1. The molecule has 4 heterocycles. The number of nitrogens with one attached hydrogen (secondary N) is 1. The fraction of sp³-hybridized carbons (Fsp3) is 0. The summed E-state index contributed by atoms with van der Waals surface area (Å²) in [6.45, 7) is 0. The Morgan fingerprint density at radius 3 is 2.75 bits per heavy atom. The number of anilines is 1. The number of aromatic nitrogens is 3. The first-order valence-corrected chi connectivity index (χ1v) is 9.28. The third-order valence-corrected chi connectivity index (χ3v) is 4.85. The van der Waals surface area contributed by atoms with Gasteiger partial charge in [-0.3, -0.25) is 10.1 Å². The predicted octanol–water partition coefficient (Wildman–Crippen LogP) is 4.86. The maximum absolute atomic E-state index is 13.1. The predicted molar refractivity (Wildman–Crippen MR) is 105 cm³/mol. The van der Waals surface area contributed by atoms with Crippen LogP contribution >= 0.6 is 11.3 Å². The topological polar surface area (TPSA) is 94.1 Å². The maximum atomic E-state index is 13.1. The van der Waals surface area contributed by atoms with E-state index in [-0.39, 0.29) is 11.6 Å². The minimum absolute atomic E-state index is 0.261. The van der Waals surface area contributed by atoms with E-state index in [0.717, 1.165) is 5.56 Å². The number of hydrogen-bond donors (Lipinski definition) is 1. The van der Waals surface area contributed by atoms with Gasteiger partial charge in [-0.1, -0.05) is 35.5 Å². The summed E-state index contributed by atoms with van der Waals surface area (Å²) in [5.41, 5.74) is 2.51. The molecule has 7 nitrogen and oxygen atoms in total. The lowest BCUT2D eigenvalue weighted by Crippen LogP contribution is -2.12. The van der Waals surface area contributed by atoms with Crippen LogP contribution < -0.4 is 5.32 Å². The van der Waals surface area contributed by atoms with Gasteiger partial charge in [0.25, 0.3) is 11.6 Å². The lowest BCUT2D eigenvalue weighted by atomic mass is 10.0. The average Bonchev–Trinajstić information content (AvgIpc) is 3.49. The second-order valence-corrected chi connectivity index (χ2v) is 6.80. The molecule has 136 valence electrons. The Morgan fingerprint density at radius 1 is 1.11 bits per heavy atom. The molecular formula is C20H12N4O3S. The number of fused-ring (bicyclic) bond motifs is 1. The van der Waals surface area contributed by atoms with Crippen molar-refractivity contribution in [2.75, 3.05) is 5.32 Å². The first kappa shape index (κ1) is 16.4. The molecule has 0 saturated carbocycles. The van der Waals surface area contributed by atoms with E-state index in [2.05, 4.69) is 20.4 Å². The largest absolute Gasteiger partial charge is 0.463 e. The molecule has 28 heavy (non-hydrogen) atoms. The van der Waals surface area contributed by atoms with Crippen molar-refractivity contribution < 1.29 is 13.7 Å². The van der Waals surface area contributed by atoms with Gasteiger partial charge in [0, 0.05) is 17.1 Å². The summed E-state index contributed by atoms with van der Waals surface area (Å²) in [6.07, 6.45) is 3.18. The molecule has 0 bridgehead atoms. The third kappa shape index (κ3) is 2.85. The Kier molecular flexibility index (Phi) is 3.95. The number of amides is 1.